The number of hydrogen-bond acceptors (Lipinski definition) is 6. The lowest BCUT2D eigenvalue weighted by Crippen LogP contribution is -2.20. The zero-order valence-corrected chi connectivity index (χ0v) is 17.0. The van der Waals surface area contributed by atoms with E-state index >= 15 is 0 Å². The minimum absolute atomic E-state index is 0.0890. The van der Waals surface area contributed by atoms with Crippen LogP contribution in [0.5, 0.6) is 11.5 Å². The number of benzene rings is 2. The molecule has 158 valence electrons. The summed E-state index contributed by atoms with van der Waals surface area (Å²) in [4.78, 5) is 22.8. The van der Waals surface area contributed by atoms with Gasteiger partial charge in [0.15, 0.2) is 11.5 Å². The van der Waals surface area contributed by atoms with Crippen molar-refractivity contribution in [3.8, 4) is 17.2 Å². The standard InChI is InChI=1S/C22H20N4O5/c1-14-9-17(15(2)25(14)18-7-8-20-21(11-18)31-13-30-20)12-23-24-22(27)10-16-5-3-4-6-19(16)26(28)29/h3-9,11-12H,10,13H2,1-2H3,(H,24,27). The number of ether oxygens (including phenoxy) is 2. The zero-order chi connectivity index (χ0) is 22.0. The molecular formula is C22H20N4O5. The normalized spacial score (nSPS) is 12.3. The molecule has 9 nitrogen and oxygen atoms in total. The monoisotopic (exact) mass is 420 g/mol. The Morgan fingerprint density at radius 2 is 1.97 bits per heavy atom. The van der Waals surface area contributed by atoms with E-state index in [1.165, 1.54) is 6.07 Å². The Morgan fingerprint density at radius 3 is 2.77 bits per heavy atom. The second kappa shape index (κ2) is 8.31. The summed E-state index contributed by atoms with van der Waals surface area (Å²) in [6.07, 6.45) is 1.42. The number of nitro benzene ring substituents is 1. The lowest BCUT2D eigenvalue weighted by Gasteiger charge is -2.10. The first-order chi connectivity index (χ1) is 14.9. The molecule has 9 heteroatoms. The van der Waals surface area contributed by atoms with E-state index in [0.717, 1.165) is 28.4 Å². The molecule has 0 fully saturated rings. The van der Waals surface area contributed by atoms with Crippen LogP contribution < -0.4 is 14.9 Å². The predicted molar refractivity (Wildman–Crippen MR) is 114 cm³/mol. The average Bonchev–Trinajstić information content (AvgIpc) is 3.31. The summed E-state index contributed by atoms with van der Waals surface area (Å²) in [5, 5.41) is 15.1. The average molecular weight is 420 g/mol. The van der Waals surface area contributed by atoms with Crippen LogP contribution in [0.1, 0.15) is 22.5 Å². The number of hydrogen-bond donors (Lipinski definition) is 1. The molecule has 1 aliphatic rings. The molecule has 1 aliphatic heterocycles. The van der Waals surface area contributed by atoms with E-state index in [0.29, 0.717) is 11.3 Å². The van der Waals surface area contributed by atoms with E-state index in [-0.39, 0.29) is 18.9 Å². The number of para-hydroxylation sites is 1. The fraction of sp³-hybridized carbons (Fsp3) is 0.182. The van der Waals surface area contributed by atoms with Crippen LogP contribution in [-0.4, -0.2) is 28.4 Å². The summed E-state index contributed by atoms with van der Waals surface area (Å²) in [5.74, 6) is 0.979. The van der Waals surface area contributed by atoms with Crippen LogP contribution in [0.3, 0.4) is 0 Å². The highest BCUT2D eigenvalue weighted by atomic mass is 16.7. The van der Waals surface area contributed by atoms with E-state index in [1.54, 1.807) is 24.4 Å². The highest BCUT2D eigenvalue weighted by molar-refractivity contribution is 5.85. The summed E-state index contributed by atoms with van der Waals surface area (Å²) < 4.78 is 12.9. The number of amides is 1. The maximum Gasteiger partial charge on any atom is 0.273 e. The molecule has 1 aromatic heterocycles. The summed E-state index contributed by atoms with van der Waals surface area (Å²) in [6, 6.07) is 13.8. The molecule has 0 unspecified atom stereocenters. The fourth-order valence-electron chi connectivity index (χ4n) is 3.56. The van der Waals surface area contributed by atoms with Crippen LogP contribution in [0.15, 0.2) is 53.6 Å². The largest absolute Gasteiger partial charge is 0.454 e. The van der Waals surface area contributed by atoms with Gasteiger partial charge in [-0.15, -0.1) is 0 Å². The lowest BCUT2D eigenvalue weighted by molar-refractivity contribution is -0.385. The van der Waals surface area contributed by atoms with Gasteiger partial charge in [0.05, 0.1) is 17.6 Å². The quantitative estimate of drug-likeness (QED) is 0.373. The van der Waals surface area contributed by atoms with Crippen LogP contribution in [0, 0.1) is 24.0 Å². The van der Waals surface area contributed by atoms with E-state index in [1.807, 2.05) is 38.1 Å². The third-order valence-corrected chi connectivity index (χ3v) is 5.02. The van der Waals surface area contributed by atoms with Gasteiger partial charge in [0.2, 0.25) is 12.7 Å². The van der Waals surface area contributed by atoms with Crippen LogP contribution in [-0.2, 0) is 11.2 Å². The van der Waals surface area contributed by atoms with Crippen molar-refractivity contribution in [3.63, 3.8) is 0 Å². The molecule has 0 spiro atoms. The number of hydrazone groups is 1. The Morgan fingerprint density at radius 1 is 1.19 bits per heavy atom. The Kier molecular flexibility index (Phi) is 5.40. The fourth-order valence-corrected chi connectivity index (χ4v) is 3.56. The van der Waals surface area contributed by atoms with Crippen molar-refractivity contribution < 1.29 is 19.2 Å². The third kappa shape index (κ3) is 4.11. The van der Waals surface area contributed by atoms with Crippen LogP contribution in [0.2, 0.25) is 0 Å². The van der Waals surface area contributed by atoms with Gasteiger partial charge in [0.1, 0.15) is 0 Å². The molecule has 0 atom stereocenters. The van der Waals surface area contributed by atoms with Gasteiger partial charge in [-0.3, -0.25) is 14.9 Å². The number of nitro groups is 1. The second-order valence-electron chi connectivity index (χ2n) is 7.06. The van der Waals surface area contributed by atoms with Gasteiger partial charge < -0.3 is 14.0 Å². The summed E-state index contributed by atoms with van der Waals surface area (Å²) in [5.41, 5.74) is 6.38. The van der Waals surface area contributed by atoms with Crippen molar-refractivity contribution in [2.45, 2.75) is 20.3 Å². The number of nitrogens with zero attached hydrogens (tertiary/aromatic N) is 3. The second-order valence-corrected chi connectivity index (χ2v) is 7.06. The zero-order valence-electron chi connectivity index (χ0n) is 17.0. The van der Waals surface area contributed by atoms with E-state index < -0.39 is 10.8 Å². The van der Waals surface area contributed by atoms with Gasteiger partial charge in [-0.05, 0) is 32.0 Å². The molecule has 1 amide bonds. The Balaban J connectivity index is 1.47. The minimum Gasteiger partial charge on any atom is -0.454 e. The molecule has 1 N–H and O–H groups in total. The first kappa shape index (κ1) is 20.1. The smallest absolute Gasteiger partial charge is 0.273 e. The number of nitrogens with one attached hydrogen (secondary N) is 1. The summed E-state index contributed by atoms with van der Waals surface area (Å²) in [6.45, 7) is 4.14. The SMILES string of the molecule is Cc1cc(C=NNC(=O)Cc2ccccc2[N+](=O)[O-])c(C)n1-c1ccc2c(c1)OCO2. The molecule has 2 heterocycles. The molecule has 0 saturated heterocycles. The number of rotatable bonds is 6. The molecule has 0 saturated carbocycles. The number of aryl methyl sites for hydroxylation is 1. The predicted octanol–water partition coefficient (Wildman–Crippen LogP) is 3.42. The van der Waals surface area contributed by atoms with Crippen molar-refractivity contribution >= 4 is 17.8 Å². The number of aromatic nitrogens is 1. The van der Waals surface area contributed by atoms with Gasteiger partial charge in [-0.2, -0.15) is 5.10 Å². The van der Waals surface area contributed by atoms with Crippen LogP contribution in [0.4, 0.5) is 5.69 Å². The molecule has 31 heavy (non-hydrogen) atoms. The summed E-state index contributed by atoms with van der Waals surface area (Å²) >= 11 is 0. The molecule has 0 bridgehead atoms. The van der Waals surface area contributed by atoms with Crippen LogP contribution in [0.25, 0.3) is 5.69 Å². The van der Waals surface area contributed by atoms with Gasteiger partial charge in [0.25, 0.3) is 5.69 Å². The highest BCUT2D eigenvalue weighted by Crippen LogP contribution is 2.34. The molecule has 2 aromatic carbocycles. The highest BCUT2D eigenvalue weighted by Gasteiger charge is 2.17. The topological polar surface area (TPSA) is 108 Å². The van der Waals surface area contributed by atoms with Crippen molar-refractivity contribution in [2.24, 2.45) is 5.10 Å². The maximum atomic E-state index is 12.2. The summed E-state index contributed by atoms with van der Waals surface area (Å²) in [7, 11) is 0. The van der Waals surface area contributed by atoms with Crippen molar-refractivity contribution in [2.75, 3.05) is 6.79 Å². The Hall–Kier alpha value is -4.14. The molecule has 0 radical (unpaired) electrons. The Bertz CT molecular complexity index is 1200. The van der Waals surface area contributed by atoms with E-state index in [9.17, 15) is 14.9 Å². The van der Waals surface area contributed by atoms with Gasteiger partial charge in [-0.25, -0.2) is 5.43 Å². The first-order valence-corrected chi connectivity index (χ1v) is 9.57. The van der Waals surface area contributed by atoms with Gasteiger partial charge >= 0.3 is 0 Å². The third-order valence-electron chi connectivity index (χ3n) is 5.02. The number of carbonyl (C=O) groups excluding carboxylic acids is 1. The van der Waals surface area contributed by atoms with Gasteiger partial charge in [0, 0.05) is 40.3 Å². The molecule has 0 aliphatic carbocycles. The molecule has 3 aromatic rings. The van der Waals surface area contributed by atoms with E-state index in [4.69, 9.17) is 9.47 Å². The van der Waals surface area contributed by atoms with Gasteiger partial charge in [-0.1, -0.05) is 18.2 Å². The Labute approximate surface area is 178 Å². The minimum atomic E-state index is -0.503. The first-order valence-electron chi connectivity index (χ1n) is 9.57. The molecule has 4 rings (SSSR count). The van der Waals surface area contributed by atoms with E-state index in [2.05, 4.69) is 15.1 Å². The van der Waals surface area contributed by atoms with Crippen molar-refractivity contribution in [1.82, 2.24) is 9.99 Å². The molecular weight excluding hydrogens is 400 g/mol. The number of fused-ring (bicyclic) bond motifs is 1. The lowest BCUT2D eigenvalue weighted by atomic mass is 10.1. The number of carbonyl (C=O) groups is 1. The van der Waals surface area contributed by atoms with Crippen molar-refractivity contribution in [1.29, 1.82) is 0 Å². The van der Waals surface area contributed by atoms with Crippen molar-refractivity contribution in [3.05, 3.63) is 81.2 Å². The van der Waals surface area contributed by atoms with Crippen LogP contribution >= 0.6 is 0 Å². The maximum absolute atomic E-state index is 12.2.